The lowest BCUT2D eigenvalue weighted by Crippen LogP contribution is -2.37. The summed E-state index contributed by atoms with van der Waals surface area (Å²) in [4.78, 5) is 16.6. The molecule has 1 N–H and O–H groups in total. The number of methoxy groups -OCH3 is 1. The van der Waals surface area contributed by atoms with Crippen molar-refractivity contribution < 1.29 is 14.1 Å². The van der Waals surface area contributed by atoms with Crippen molar-refractivity contribution in [3.8, 4) is 17.2 Å². The molecule has 0 saturated heterocycles. The van der Waals surface area contributed by atoms with Gasteiger partial charge in [0.1, 0.15) is 5.75 Å². The van der Waals surface area contributed by atoms with Gasteiger partial charge in [-0.15, -0.1) is 11.8 Å². The van der Waals surface area contributed by atoms with Gasteiger partial charge in [-0.05, 0) is 44.0 Å². The van der Waals surface area contributed by atoms with Crippen molar-refractivity contribution in [2.45, 2.75) is 49.7 Å². The fourth-order valence-electron chi connectivity index (χ4n) is 2.83. The second kappa shape index (κ2) is 8.38. The number of carbonyl (C=O) groups excluding carboxylic acids is 1. The molecule has 1 heterocycles. The summed E-state index contributed by atoms with van der Waals surface area (Å²) >= 11 is 1.52. The smallest absolute Gasteiger partial charge is 0.257 e. The lowest BCUT2D eigenvalue weighted by molar-refractivity contribution is -0.120. The number of rotatable bonds is 7. The van der Waals surface area contributed by atoms with Gasteiger partial charge in [0, 0.05) is 11.6 Å². The number of hydrogen-bond acceptors (Lipinski definition) is 6. The van der Waals surface area contributed by atoms with Gasteiger partial charge in [0.15, 0.2) is 5.82 Å². The van der Waals surface area contributed by atoms with Gasteiger partial charge in [0.05, 0.1) is 18.1 Å². The van der Waals surface area contributed by atoms with Gasteiger partial charge in [0.2, 0.25) is 5.91 Å². The summed E-state index contributed by atoms with van der Waals surface area (Å²) in [6.45, 7) is 1.92. The second-order valence-electron chi connectivity index (χ2n) is 6.19. The van der Waals surface area contributed by atoms with E-state index in [1.54, 1.807) is 7.11 Å². The number of hydrogen-bond donors (Lipinski definition) is 1. The molecule has 1 saturated carbocycles. The SMILES string of the molecule is COc1ccc(-c2nc(CSC(C)C(=O)NC3CCCC3)no2)cc1. The summed E-state index contributed by atoms with van der Waals surface area (Å²) in [5.41, 5.74) is 0.844. The van der Waals surface area contributed by atoms with Crippen molar-refractivity contribution in [1.82, 2.24) is 15.5 Å². The standard InChI is InChI=1S/C18H23N3O3S/c1-12(17(22)19-14-5-3-4-6-14)25-11-16-20-18(24-21-16)13-7-9-15(23-2)10-8-13/h7-10,12,14H,3-6,11H2,1-2H3,(H,19,22). The molecule has 3 rings (SSSR count). The van der Waals surface area contributed by atoms with Crippen LogP contribution in [0.15, 0.2) is 28.8 Å². The average molecular weight is 361 g/mol. The molecule has 1 aromatic heterocycles. The topological polar surface area (TPSA) is 77.2 Å². The lowest BCUT2D eigenvalue weighted by atomic mass is 10.2. The van der Waals surface area contributed by atoms with Crippen LogP contribution in [0.3, 0.4) is 0 Å². The van der Waals surface area contributed by atoms with Gasteiger partial charge < -0.3 is 14.6 Å². The van der Waals surface area contributed by atoms with Crippen molar-refractivity contribution in [2.75, 3.05) is 7.11 Å². The summed E-state index contributed by atoms with van der Waals surface area (Å²) < 4.78 is 10.4. The molecule has 6 nitrogen and oxygen atoms in total. The number of benzene rings is 1. The van der Waals surface area contributed by atoms with E-state index >= 15 is 0 Å². The van der Waals surface area contributed by atoms with E-state index in [1.807, 2.05) is 31.2 Å². The summed E-state index contributed by atoms with van der Waals surface area (Å²) in [6.07, 6.45) is 4.62. The molecule has 0 radical (unpaired) electrons. The molecule has 1 aliphatic carbocycles. The van der Waals surface area contributed by atoms with Crippen LogP contribution < -0.4 is 10.1 Å². The maximum atomic E-state index is 12.2. The zero-order valence-electron chi connectivity index (χ0n) is 14.5. The van der Waals surface area contributed by atoms with E-state index in [9.17, 15) is 4.79 Å². The Hall–Kier alpha value is -2.02. The van der Waals surface area contributed by atoms with E-state index in [4.69, 9.17) is 9.26 Å². The van der Waals surface area contributed by atoms with Crippen LogP contribution in [-0.2, 0) is 10.5 Å². The van der Waals surface area contributed by atoms with Gasteiger partial charge in [-0.3, -0.25) is 4.79 Å². The van der Waals surface area contributed by atoms with Crippen molar-refractivity contribution in [1.29, 1.82) is 0 Å². The van der Waals surface area contributed by atoms with Crippen LogP contribution in [0, 0.1) is 0 Å². The fourth-order valence-corrected chi connectivity index (χ4v) is 3.56. The van der Waals surface area contributed by atoms with Crippen LogP contribution in [0.1, 0.15) is 38.4 Å². The van der Waals surface area contributed by atoms with Crippen LogP contribution in [0.25, 0.3) is 11.5 Å². The minimum atomic E-state index is -0.136. The first-order chi connectivity index (χ1) is 12.2. The van der Waals surface area contributed by atoms with Gasteiger partial charge in [-0.2, -0.15) is 4.98 Å². The first-order valence-corrected chi connectivity index (χ1v) is 9.59. The molecule has 7 heteroatoms. The molecule has 134 valence electrons. The highest BCUT2D eigenvalue weighted by Crippen LogP contribution is 2.23. The number of ether oxygens (including phenoxy) is 1. The zero-order chi connectivity index (χ0) is 17.6. The van der Waals surface area contributed by atoms with E-state index < -0.39 is 0 Å². The van der Waals surface area contributed by atoms with Crippen molar-refractivity contribution in [3.63, 3.8) is 0 Å². The molecule has 25 heavy (non-hydrogen) atoms. The number of nitrogens with one attached hydrogen (secondary N) is 1. The summed E-state index contributed by atoms with van der Waals surface area (Å²) in [6, 6.07) is 7.80. The van der Waals surface area contributed by atoms with Crippen LogP contribution >= 0.6 is 11.8 Å². The fraction of sp³-hybridized carbons (Fsp3) is 0.500. The van der Waals surface area contributed by atoms with Crippen molar-refractivity contribution >= 4 is 17.7 Å². The first kappa shape index (κ1) is 17.8. The summed E-state index contributed by atoms with van der Waals surface area (Å²) in [5.74, 6) is 2.48. The molecule has 1 atom stereocenters. The number of amides is 1. The minimum Gasteiger partial charge on any atom is -0.497 e. The van der Waals surface area contributed by atoms with E-state index in [0.717, 1.165) is 24.2 Å². The zero-order valence-corrected chi connectivity index (χ0v) is 15.3. The van der Waals surface area contributed by atoms with Gasteiger partial charge in [-0.25, -0.2) is 0 Å². The molecule has 1 aromatic carbocycles. The molecular weight excluding hydrogens is 338 g/mol. The Balaban J connectivity index is 1.51. The Kier molecular flexibility index (Phi) is 5.96. The molecular formula is C18H23N3O3S. The molecule has 1 aliphatic rings. The third kappa shape index (κ3) is 4.75. The van der Waals surface area contributed by atoms with E-state index in [2.05, 4.69) is 15.5 Å². The molecule has 0 spiro atoms. The maximum absolute atomic E-state index is 12.2. The predicted octanol–water partition coefficient (Wildman–Crippen LogP) is 3.43. The average Bonchev–Trinajstić information content (AvgIpc) is 3.31. The predicted molar refractivity (Wildman–Crippen MR) is 97.4 cm³/mol. The Morgan fingerprint density at radius 2 is 2.08 bits per heavy atom. The highest BCUT2D eigenvalue weighted by atomic mass is 32.2. The highest BCUT2D eigenvalue weighted by molar-refractivity contribution is 7.99. The van der Waals surface area contributed by atoms with Gasteiger partial charge >= 0.3 is 0 Å². The molecule has 0 aliphatic heterocycles. The minimum absolute atomic E-state index is 0.0933. The quantitative estimate of drug-likeness (QED) is 0.814. The second-order valence-corrected chi connectivity index (χ2v) is 7.52. The Morgan fingerprint density at radius 1 is 1.36 bits per heavy atom. The highest BCUT2D eigenvalue weighted by Gasteiger charge is 2.21. The molecule has 2 aromatic rings. The largest absolute Gasteiger partial charge is 0.497 e. The normalized spacial score (nSPS) is 15.9. The molecule has 1 amide bonds. The number of thioether (sulfide) groups is 1. The molecule has 1 fully saturated rings. The molecule has 1 unspecified atom stereocenters. The number of aromatic nitrogens is 2. The Morgan fingerprint density at radius 3 is 2.76 bits per heavy atom. The summed E-state index contributed by atoms with van der Waals surface area (Å²) in [5, 5.41) is 6.99. The van der Waals surface area contributed by atoms with E-state index in [0.29, 0.717) is 23.5 Å². The van der Waals surface area contributed by atoms with Gasteiger partial charge in [0.25, 0.3) is 5.89 Å². The summed E-state index contributed by atoms with van der Waals surface area (Å²) in [7, 11) is 1.63. The van der Waals surface area contributed by atoms with Crippen LogP contribution in [0.4, 0.5) is 0 Å². The number of nitrogens with zero attached hydrogens (tertiary/aromatic N) is 2. The molecule has 0 bridgehead atoms. The van der Waals surface area contributed by atoms with Crippen LogP contribution in [-0.4, -0.2) is 34.4 Å². The monoisotopic (exact) mass is 361 g/mol. The lowest BCUT2D eigenvalue weighted by Gasteiger charge is -2.15. The Labute approximate surface area is 151 Å². The van der Waals surface area contributed by atoms with Crippen LogP contribution in [0.2, 0.25) is 0 Å². The van der Waals surface area contributed by atoms with Crippen molar-refractivity contribution in [2.24, 2.45) is 0 Å². The third-order valence-electron chi connectivity index (χ3n) is 4.34. The number of carbonyl (C=O) groups is 1. The van der Waals surface area contributed by atoms with E-state index in [-0.39, 0.29) is 11.2 Å². The van der Waals surface area contributed by atoms with Crippen LogP contribution in [0.5, 0.6) is 5.75 Å². The first-order valence-electron chi connectivity index (χ1n) is 8.54. The third-order valence-corrected chi connectivity index (χ3v) is 5.48. The Bertz CT molecular complexity index is 696. The van der Waals surface area contributed by atoms with Gasteiger partial charge in [-0.1, -0.05) is 18.0 Å². The van der Waals surface area contributed by atoms with Crippen molar-refractivity contribution in [3.05, 3.63) is 30.1 Å². The van der Waals surface area contributed by atoms with E-state index in [1.165, 1.54) is 24.6 Å². The maximum Gasteiger partial charge on any atom is 0.257 e.